The van der Waals surface area contributed by atoms with Gasteiger partial charge in [0.25, 0.3) is 0 Å². The van der Waals surface area contributed by atoms with Gasteiger partial charge >= 0.3 is 0 Å². The van der Waals surface area contributed by atoms with Crippen LogP contribution in [-0.2, 0) is 6.42 Å². The third-order valence-corrected chi connectivity index (χ3v) is 2.18. The summed E-state index contributed by atoms with van der Waals surface area (Å²) in [4.78, 5) is 2.04. The number of likely N-dealkylation sites (N-methyl/N-ethyl adjacent to an activating group) is 1. The highest BCUT2D eigenvalue weighted by atomic mass is 19.1. The highest BCUT2D eigenvalue weighted by Gasteiger charge is 1.98. The molecule has 1 rings (SSSR count). The molecule has 0 fully saturated rings. The second kappa shape index (κ2) is 5.73. The number of hydrogen-bond acceptors (Lipinski definition) is 2. The topological polar surface area (TPSA) is 23.5 Å². The number of halogens is 1. The van der Waals surface area contributed by atoms with E-state index in [9.17, 15) is 4.39 Å². The number of aliphatic hydroxyl groups excluding tert-OH is 1. The quantitative estimate of drug-likeness (QED) is 0.769. The first-order chi connectivity index (χ1) is 6.72. The van der Waals surface area contributed by atoms with Crippen molar-refractivity contribution in [1.29, 1.82) is 0 Å². The summed E-state index contributed by atoms with van der Waals surface area (Å²) < 4.78 is 12.6. The minimum absolute atomic E-state index is 0.180. The Hall–Kier alpha value is -0.930. The Balaban J connectivity index is 2.34. The van der Waals surface area contributed by atoms with Crippen molar-refractivity contribution in [1.82, 2.24) is 4.90 Å². The molecule has 0 aromatic heterocycles. The van der Waals surface area contributed by atoms with Gasteiger partial charge in [0.15, 0.2) is 0 Å². The van der Waals surface area contributed by atoms with Gasteiger partial charge in [-0.1, -0.05) is 12.1 Å². The van der Waals surface area contributed by atoms with E-state index in [4.69, 9.17) is 5.11 Å². The molecule has 0 aliphatic rings. The first-order valence-electron chi connectivity index (χ1n) is 4.76. The second-order valence-electron chi connectivity index (χ2n) is 3.40. The lowest BCUT2D eigenvalue weighted by Gasteiger charge is -2.14. The van der Waals surface area contributed by atoms with E-state index in [2.05, 4.69) is 0 Å². The third kappa shape index (κ3) is 3.85. The van der Waals surface area contributed by atoms with Gasteiger partial charge in [-0.05, 0) is 31.2 Å². The minimum Gasteiger partial charge on any atom is -0.395 e. The Morgan fingerprint density at radius 1 is 1.21 bits per heavy atom. The maximum Gasteiger partial charge on any atom is 0.123 e. The Morgan fingerprint density at radius 3 is 2.43 bits per heavy atom. The number of nitrogens with zero attached hydrogens (tertiary/aromatic N) is 1. The minimum atomic E-state index is -0.197. The van der Waals surface area contributed by atoms with E-state index in [1.807, 2.05) is 11.9 Å². The van der Waals surface area contributed by atoms with Crippen molar-refractivity contribution < 1.29 is 9.50 Å². The fraction of sp³-hybridized carbons (Fsp3) is 0.455. The zero-order chi connectivity index (χ0) is 10.4. The van der Waals surface area contributed by atoms with Gasteiger partial charge in [-0.3, -0.25) is 0 Å². The molecule has 78 valence electrons. The number of rotatable bonds is 5. The monoisotopic (exact) mass is 197 g/mol. The van der Waals surface area contributed by atoms with E-state index in [0.717, 1.165) is 18.5 Å². The van der Waals surface area contributed by atoms with Crippen molar-refractivity contribution in [3.05, 3.63) is 35.6 Å². The molecule has 0 saturated carbocycles. The summed E-state index contributed by atoms with van der Waals surface area (Å²) >= 11 is 0. The summed E-state index contributed by atoms with van der Waals surface area (Å²) in [7, 11) is 1.96. The fourth-order valence-electron chi connectivity index (χ4n) is 1.25. The van der Waals surface area contributed by atoms with Crippen LogP contribution in [0.5, 0.6) is 0 Å². The molecule has 0 spiro atoms. The van der Waals surface area contributed by atoms with Crippen molar-refractivity contribution in [2.45, 2.75) is 6.42 Å². The first kappa shape index (κ1) is 11.1. The molecule has 0 amide bonds. The smallest absolute Gasteiger partial charge is 0.123 e. The van der Waals surface area contributed by atoms with Gasteiger partial charge in [-0.25, -0.2) is 4.39 Å². The largest absolute Gasteiger partial charge is 0.395 e. The van der Waals surface area contributed by atoms with E-state index >= 15 is 0 Å². The molecule has 0 aliphatic heterocycles. The highest BCUT2D eigenvalue weighted by molar-refractivity contribution is 5.16. The summed E-state index contributed by atoms with van der Waals surface area (Å²) in [6.45, 7) is 1.74. The predicted octanol–water partition coefficient (Wildman–Crippen LogP) is 1.29. The molecule has 0 bridgehead atoms. The molecule has 1 N–H and O–H groups in total. The van der Waals surface area contributed by atoms with Gasteiger partial charge in [0, 0.05) is 13.1 Å². The van der Waals surface area contributed by atoms with Crippen molar-refractivity contribution in [2.75, 3.05) is 26.7 Å². The molecule has 0 unspecified atom stereocenters. The Labute approximate surface area is 84.0 Å². The van der Waals surface area contributed by atoms with Gasteiger partial charge in [0.05, 0.1) is 6.61 Å². The van der Waals surface area contributed by atoms with E-state index in [1.54, 1.807) is 12.1 Å². The summed E-state index contributed by atoms with van der Waals surface area (Å²) in [5, 5.41) is 8.68. The van der Waals surface area contributed by atoms with Crippen LogP contribution in [0, 0.1) is 5.82 Å². The molecule has 1 aromatic carbocycles. The van der Waals surface area contributed by atoms with Crippen LogP contribution in [-0.4, -0.2) is 36.8 Å². The van der Waals surface area contributed by atoms with Crippen molar-refractivity contribution >= 4 is 0 Å². The maximum atomic E-state index is 12.6. The standard InChI is InChI=1S/C11H16FNO/c1-13(8-9-14)7-6-10-2-4-11(12)5-3-10/h2-5,14H,6-9H2,1H3. The molecule has 3 heteroatoms. The van der Waals surface area contributed by atoms with Crippen LogP contribution in [0.1, 0.15) is 5.56 Å². The average Bonchev–Trinajstić information content (AvgIpc) is 2.17. The summed E-state index contributed by atoms with van der Waals surface area (Å²) in [5.41, 5.74) is 1.12. The molecular formula is C11H16FNO. The van der Waals surface area contributed by atoms with Crippen LogP contribution in [0.3, 0.4) is 0 Å². The van der Waals surface area contributed by atoms with Crippen molar-refractivity contribution in [3.63, 3.8) is 0 Å². The van der Waals surface area contributed by atoms with Crippen LogP contribution in [0.2, 0.25) is 0 Å². The van der Waals surface area contributed by atoms with Gasteiger partial charge in [0.2, 0.25) is 0 Å². The molecule has 0 aliphatic carbocycles. The zero-order valence-electron chi connectivity index (χ0n) is 8.41. The second-order valence-corrected chi connectivity index (χ2v) is 3.40. The highest BCUT2D eigenvalue weighted by Crippen LogP contribution is 2.03. The van der Waals surface area contributed by atoms with Gasteiger partial charge in [0.1, 0.15) is 5.82 Å². The lowest BCUT2D eigenvalue weighted by Crippen LogP contribution is -2.24. The van der Waals surface area contributed by atoms with E-state index in [0.29, 0.717) is 6.54 Å². The molecular weight excluding hydrogens is 181 g/mol. The van der Waals surface area contributed by atoms with Crippen LogP contribution in [0.15, 0.2) is 24.3 Å². The lowest BCUT2D eigenvalue weighted by atomic mass is 10.1. The van der Waals surface area contributed by atoms with E-state index in [-0.39, 0.29) is 12.4 Å². The number of aliphatic hydroxyl groups is 1. The molecule has 2 nitrogen and oxygen atoms in total. The summed E-state index contributed by atoms with van der Waals surface area (Å²) in [5.74, 6) is -0.197. The van der Waals surface area contributed by atoms with Crippen molar-refractivity contribution in [3.8, 4) is 0 Å². The average molecular weight is 197 g/mol. The van der Waals surface area contributed by atoms with E-state index in [1.165, 1.54) is 12.1 Å². The molecule has 0 atom stereocenters. The van der Waals surface area contributed by atoms with Gasteiger partial charge < -0.3 is 10.0 Å². The Kier molecular flexibility index (Phi) is 4.56. The number of hydrogen-bond donors (Lipinski definition) is 1. The summed E-state index contributed by atoms with van der Waals surface area (Å²) in [6.07, 6.45) is 0.886. The van der Waals surface area contributed by atoms with Gasteiger partial charge in [-0.15, -0.1) is 0 Å². The molecule has 0 heterocycles. The van der Waals surface area contributed by atoms with Crippen LogP contribution >= 0.6 is 0 Å². The molecule has 14 heavy (non-hydrogen) atoms. The van der Waals surface area contributed by atoms with Crippen LogP contribution < -0.4 is 0 Å². The Bertz CT molecular complexity index is 260. The van der Waals surface area contributed by atoms with E-state index < -0.39 is 0 Å². The van der Waals surface area contributed by atoms with Crippen LogP contribution in [0.25, 0.3) is 0 Å². The van der Waals surface area contributed by atoms with Gasteiger partial charge in [-0.2, -0.15) is 0 Å². The van der Waals surface area contributed by atoms with Crippen molar-refractivity contribution in [2.24, 2.45) is 0 Å². The molecule has 0 saturated heterocycles. The number of benzene rings is 1. The third-order valence-electron chi connectivity index (χ3n) is 2.18. The molecule has 0 radical (unpaired) electrons. The maximum absolute atomic E-state index is 12.6. The fourth-order valence-corrected chi connectivity index (χ4v) is 1.25. The Morgan fingerprint density at radius 2 is 1.86 bits per heavy atom. The summed E-state index contributed by atoms with van der Waals surface area (Å²) in [6, 6.07) is 6.53. The normalized spacial score (nSPS) is 10.9. The molecule has 1 aromatic rings. The lowest BCUT2D eigenvalue weighted by molar-refractivity contribution is 0.223. The first-order valence-corrected chi connectivity index (χ1v) is 4.76. The van der Waals surface area contributed by atoms with Crippen LogP contribution in [0.4, 0.5) is 4.39 Å². The predicted molar refractivity (Wildman–Crippen MR) is 54.7 cm³/mol. The zero-order valence-corrected chi connectivity index (χ0v) is 8.41. The SMILES string of the molecule is CN(CCO)CCc1ccc(F)cc1.